The Morgan fingerprint density at radius 2 is 2.06 bits per heavy atom. The van der Waals surface area contributed by atoms with Crippen LogP contribution in [0.2, 0.25) is 5.02 Å². The maximum atomic E-state index is 10.7. The fraction of sp³-hybridized carbons (Fsp3) is 0. The molecule has 0 aliphatic rings. The third-order valence-corrected chi connectivity index (χ3v) is 4.43. The van der Waals surface area contributed by atoms with Gasteiger partial charge in [-0.05, 0) is 24.3 Å². The predicted molar refractivity (Wildman–Crippen MR) is 71.3 cm³/mol. The highest BCUT2D eigenvalue weighted by Gasteiger charge is 2.17. The average Bonchev–Trinajstić information content (AvgIpc) is 2.75. The molecule has 4 nitrogen and oxygen atoms in total. The van der Waals surface area contributed by atoms with Gasteiger partial charge < -0.3 is 0 Å². The second-order valence-electron chi connectivity index (χ2n) is 3.20. The third kappa shape index (κ3) is 2.82. The number of nitriles is 1. The molecular weight excluding hydrogens is 292 g/mol. The van der Waals surface area contributed by atoms with Crippen molar-refractivity contribution in [1.82, 2.24) is 0 Å². The Labute approximate surface area is 116 Å². The summed E-state index contributed by atoms with van der Waals surface area (Å²) in [6.07, 6.45) is 0. The normalized spacial score (nSPS) is 10.0. The molecule has 90 valence electrons. The van der Waals surface area contributed by atoms with Crippen molar-refractivity contribution in [2.24, 2.45) is 0 Å². The number of rotatable bonds is 3. The molecule has 0 saturated carbocycles. The molecule has 0 fully saturated rings. The summed E-state index contributed by atoms with van der Waals surface area (Å²) < 4.78 is 0. The van der Waals surface area contributed by atoms with E-state index in [4.69, 9.17) is 16.9 Å². The van der Waals surface area contributed by atoms with Crippen LogP contribution in [0.1, 0.15) is 4.88 Å². The Morgan fingerprint density at radius 3 is 2.61 bits per heavy atom. The van der Waals surface area contributed by atoms with Gasteiger partial charge in [0.05, 0.1) is 4.92 Å². The van der Waals surface area contributed by atoms with Crippen LogP contribution in [-0.2, 0) is 0 Å². The maximum Gasteiger partial charge on any atom is 0.326 e. The molecular formula is C11H5ClN2O2S2. The lowest BCUT2D eigenvalue weighted by molar-refractivity contribution is -0.380. The van der Waals surface area contributed by atoms with E-state index in [0.29, 0.717) is 14.8 Å². The lowest BCUT2D eigenvalue weighted by Crippen LogP contribution is -1.80. The molecule has 0 spiro atoms. The molecule has 0 aliphatic heterocycles. The van der Waals surface area contributed by atoms with Gasteiger partial charge in [0.15, 0.2) is 0 Å². The molecule has 0 bridgehead atoms. The molecule has 2 aromatic rings. The van der Waals surface area contributed by atoms with Crippen molar-refractivity contribution in [3.8, 4) is 6.07 Å². The highest BCUT2D eigenvalue weighted by atomic mass is 35.5. The summed E-state index contributed by atoms with van der Waals surface area (Å²) in [5, 5.41) is 20.2. The number of nitrogens with zero attached hydrogens (tertiary/aromatic N) is 2. The Morgan fingerprint density at radius 1 is 1.39 bits per heavy atom. The third-order valence-electron chi connectivity index (χ3n) is 2.01. The molecule has 2 rings (SSSR count). The molecule has 0 unspecified atom stereocenters. The van der Waals surface area contributed by atoms with E-state index in [2.05, 4.69) is 0 Å². The van der Waals surface area contributed by atoms with Crippen molar-refractivity contribution in [3.05, 3.63) is 50.3 Å². The van der Waals surface area contributed by atoms with E-state index >= 15 is 0 Å². The van der Waals surface area contributed by atoms with E-state index in [1.54, 1.807) is 24.3 Å². The fourth-order valence-electron chi connectivity index (χ4n) is 1.24. The van der Waals surface area contributed by atoms with Gasteiger partial charge in [-0.1, -0.05) is 34.7 Å². The lowest BCUT2D eigenvalue weighted by Gasteiger charge is -1.98. The summed E-state index contributed by atoms with van der Waals surface area (Å²) in [6.45, 7) is 0. The Hall–Kier alpha value is -1.55. The summed E-state index contributed by atoms with van der Waals surface area (Å²) in [5.41, 5.74) is 0. The molecule has 1 aromatic carbocycles. The van der Waals surface area contributed by atoms with Gasteiger partial charge in [0.2, 0.25) is 0 Å². The van der Waals surface area contributed by atoms with Crippen LogP contribution in [0, 0.1) is 21.4 Å². The largest absolute Gasteiger partial charge is 0.326 e. The molecule has 0 aliphatic carbocycles. The monoisotopic (exact) mass is 296 g/mol. The quantitative estimate of drug-likeness (QED) is 0.624. The number of thiophene rings is 1. The molecule has 0 amide bonds. The zero-order valence-electron chi connectivity index (χ0n) is 8.79. The number of halogens is 1. The smallest absolute Gasteiger partial charge is 0.258 e. The van der Waals surface area contributed by atoms with Gasteiger partial charge in [0, 0.05) is 20.9 Å². The van der Waals surface area contributed by atoms with Gasteiger partial charge in [-0.3, -0.25) is 10.1 Å². The van der Waals surface area contributed by atoms with E-state index < -0.39 is 4.92 Å². The summed E-state index contributed by atoms with van der Waals surface area (Å²) >= 11 is 7.96. The number of benzene rings is 1. The minimum atomic E-state index is -0.489. The van der Waals surface area contributed by atoms with Crippen LogP contribution in [-0.4, -0.2) is 4.92 Å². The number of nitro groups is 1. The van der Waals surface area contributed by atoms with E-state index in [9.17, 15) is 10.1 Å². The molecule has 7 heteroatoms. The van der Waals surface area contributed by atoms with Gasteiger partial charge in [0.25, 0.3) is 0 Å². The van der Waals surface area contributed by atoms with Crippen molar-refractivity contribution in [3.63, 3.8) is 0 Å². The zero-order chi connectivity index (χ0) is 13.1. The first kappa shape index (κ1) is 12.9. The van der Waals surface area contributed by atoms with E-state index in [0.717, 1.165) is 16.2 Å². The molecule has 0 radical (unpaired) electrons. The van der Waals surface area contributed by atoms with Crippen LogP contribution < -0.4 is 0 Å². The number of hydrogen-bond donors (Lipinski definition) is 0. The van der Waals surface area contributed by atoms with E-state index in [1.807, 2.05) is 6.07 Å². The highest BCUT2D eigenvalue weighted by Crippen LogP contribution is 2.38. The average molecular weight is 297 g/mol. The highest BCUT2D eigenvalue weighted by molar-refractivity contribution is 7.99. The first-order chi connectivity index (χ1) is 8.60. The van der Waals surface area contributed by atoms with Crippen LogP contribution in [0.25, 0.3) is 0 Å². The fourth-order valence-corrected chi connectivity index (χ4v) is 3.19. The topological polar surface area (TPSA) is 66.9 Å². The Kier molecular flexibility index (Phi) is 3.87. The predicted octanol–water partition coefficient (Wildman–Crippen LogP) is 4.33. The maximum absolute atomic E-state index is 10.7. The number of hydrogen-bond acceptors (Lipinski definition) is 5. The summed E-state index contributed by atoms with van der Waals surface area (Å²) in [7, 11) is 0. The van der Waals surface area contributed by atoms with Gasteiger partial charge in [-0.25, -0.2) is 0 Å². The van der Waals surface area contributed by atoms with Crippen molar-refractivity contribution < 1.29 is 4.92 Å². The molecule has 0 N–H and O–H groups in total. The zero-order valence-corrected chi connectivity index (χ0v) is 11.2. The first-order valence-electron chi connectivity index (χ1n) is 4.72. The minimum absolute atomic E-state index is 0.0250. The minimum Gasteiger partial charge on any atom is -0.258 e. The van der Waals surface area contributed by atoms with Gasteiger partial charge in [-0.15, -0.1) is 0 Å². The van der Waals surface area contributed by atoms with Crippen LogP contribution >= 0.6 is 34.7 Å². The second-order valence-corrected chi connectivity index (χ2v) is 5.79. The molecule has 0 atom stereocenters. The molecule has 1 aromatic heterocycles. The molecule has 0 saturated heterocycles. The Bertz CT molecular complexity index is 631. The summed E-state index contributed by atoms with van der Waals surface area (Å²) in [4.78, 5) is 12.0. The first-order valence-corrected chi connectivity index (χ1v) is 6.73. The van der Waals surface area contributed by atoms with Gasteiger partial charge in [-0.2, -0.15) is 5.26 Å². The van der Waals surface area contributed by atoms with Gasteiger partial charge in [0.1, 0.15) is 10.9 Å². The van der Waals surface area contributed by atoms with Gasteiger partial charge >= 0.3 is 5.00 Å². The SMILES string of the molecule is N#Cc1sc([N+](=O)[O-])cc1Sc1ccc(Cl)cc1. The van der Waals surface area contributed by atoms with E-state index in [1.165, 1.54) is 17.8 Å². The second kappa shape index (κ2) is 5.40. The summed E-state index contributed by atoms with van der Waals surface area (Å²) in [6, 6.07) is 10.5. The van der Waals surface area contributed by atoms with Crippen LogP contribution in [0.4, 0.5) is 5.00 Å². The standard InChI is InChI=1S/C11H5ClN2O2S2/c12-7-1-3-8(4-2-7)17-9-5-11(14(15)16)18-10(9)6-13/h1-5H. The lowest BCUT2D eigenvalue weighted by atomic mass is 10.4. The molecule has 18 heavy (non-hydrogen) atoms. The van der Waals surface area contributed by atoms with Crippen LogP contribution in [0.3, 0.4) is 0 Å². The van der Waals surface area contributed by atoms with E-state index in [-0.39, 0.29) is 5.00 Å². The molecule has 1 heterocycles. The Balaban J connectivity index is 2.31. The summed E-state index contributed by atoms with van der Waals surface area (Å²) in [5.74, 6) is 0. The van der Waals surface area contributed by atoms with Crippen molar-refractivity contribution in [1.29, 1.82) is 5.26 Å². The van der Waals surface area contributed by atoms with Crippen molar-refractivity contribution in [2.75, 3.05) is 0 Å². The van der Waals surface area contributed by atoms with Crippen LogP contribution in [0.15, 0.2) is 40.1 Å². The van der Waals surface area contributed by atoms with Crippen molar-refractivity contribution >= 4 is 39.7 Å². The van der Waals surface area contributed by atoms with Crippen molar-refractivity contribution in [2.45, 2.75) is 9.79 Å². The van der Waals surface area contributed by atoms with Crippen LogP contribution in [0.5, 0.6) is 0 Å².